The van der Waals surface area contributed by atoms with Gasteiger partial charge in [0.1, 0.15) is 11.8 Å². The molecule has 0 saturated heterocycles. The summed E-state index contributed by atoms with van der Waals surface area (Å²) in [6.07, 6.45) is 5.49. The molecule has 0 spiro atoms. The van der Waals surface area contributed by atoms with E-state index in [4.69, 9.17) is 16.3 Å². The first-order valence-electron chi connectivity index (χ1n) is 11.4. The van der Waals surface area contributed by atoms with Crippen molar-refractivity contribution in [1.82, 2.24) is 10.2 Å². The number of carbonyl (C=O) groups is 2. The van der Waals surface area contributed by atoms with Crippen molar-refractivity contribution < 1.29 is 14.3 Å². The van der Waals surface area contributed by atoms with Gasteiger partial charge in [-0.25, -0.2) is 0 Å². The van der Waals surface area contributed by atoms with Crippen molar-refractivity contribution in [1.29, 1.82) is 0 Å². The predicted molar refractivity (Wildman–Crippen MR) is 128 cm³/mol. The molecule has 3 rings (SSSR count). The molecule has 5 nitrogen and oxygen atoms in total. The van der Waals surface area contributed by atoms with Gasteiger partial charge in [0.2, 0.25) is 5.91 Å². The Morgan fingerprint density at radius 1 is 1.06 bits per heavy atom. The van der Waals surface area contributed by atoms with E-state index in [1.54, 1.807) is 24.0 Å². The lowest BCUT2D eigenvalue weighted by molar-refractivity contribution is -0.142. The van der Waals surface area contributed by atoms with Gasteiger partial charge in [-0.2, -0.15) is 0 Å². The second kappa shape index (κ2) is 11.4. The molecule has 32 heavy (non-hydrogen) atoms. The van der Waals surface area contributed by atoms with Crippen LogP contribution >= 0.6 is 11.6 Å². The minimum Gasteiger partial charge on any atom is -0.484 e. The summed E-state index contributed by atoms with van der Waals surface area (Å²) in [5.41, 5.74) is 3.06. The van der Waals surface area contributed by atoms with E-state index in [1.807, 2.05) is 38.1 Å². The second-order valence-corrected chi connectivity index (χ2v) is 9.22. The Kier molecular flexibility index (Phi) is 8.57. The summed E-state index contributed by atoms with van der Waals surface area (Å²) < 4.78 is 5.80. The molecule has 1 fully saturated rings. The summed E-state index contributed by atoms with van der Waals surface area (Å²) >= 11 is 6.01. The predicted octanol–water partition coefficient (Wildman–Crippen LogP) is 5.20. The molecule has 0 unspecified atom stereocenters. The number of nitrogens with one attached hydrogen (secondary N) is 1. The van der Waals surface area contributed by atoms with Crippen LogP contribution in [0, 0.1) is 13.8 Å². The Morgan fingerprint density at radius 2 is 1.69 bits per heavy atom. The molecular weight excluding hydrogens is 424 g/mol. The Morgan fingerprint density at radius 3 is 2.31 bits per heavy atom. The normalized spacial score (nSPS) is 15.1. The highest BCUT2D eigenvalue weighted by atomic mass is 35.5. The van der Waals surface area contributed by atoms with Crippen LogP contribution in [0.15, 0.2) is 42.5 Å². The number of ether oxygens (including phenoxy) is 1. The first-order valence-corrected chi connectivity index (χ1v) is 11.7. The highest BCUT2D eigenvalue weighted by Crippen LogP contribution is 2.20. The van der Waals surface area contributed by atoms with Crippen LogP contribution in [-0.2, 0) is 16.1 Å². The van der Waals surface area contributed by atoms with Crippen molar-refractivity contribution in [3.05, 3.63) is 64.2 Å². The van der Waals surface area contributed by atoms with Crippen molar-refractivity contribution >= 4 is 23.4 Å². The molecule has 1 aliphatic rings. The molecule has 2 aromatic carbocycles. The molecule has 172 valence electrons. The third kappa shape index (κ3) is 6.99. The Bertz CT molecular complexity index is 903. The zero-order valence-electron chi connectivity index (χ0n) is 19.2. The SMILES string of the molecule is Cc1cc(C)cc(OCC(=O)N(Cc2ccc(Cl)cc2)[C@@H](C)C(=O)NC2CCCCC2)c1. The largest absolute Gasteiger partial charge is 0.484 e. The lowest BCUT2D eigenvalue weighted by Gasteiger charge is -2.31. The summed E-state index contributed by atoms with van der Waals surface area (Å²) in [6.45, 7) is 5.95. The van der Waals surface area contributed by atoms with Gasteiger partial charge < -0.3 is 15.0 Å². The summed E-state index contributed by atoms with van der Waals surface area (Å²) in [5, 5.41) is 3.78. The summed E-state index contributed by atoms with van der Waals surface area (Å²) in [7, 11) is 0. The zero-order valence-corrected chi connectivity index (χ0v) is 20.0. The van der Waals surface area contributed by atoms with Crippen LogP contribution in [0.2, 0.25) is 5.02 Å². The first-order chi connectivity index (χ1) is 15.3. The highest BCUT2D eigenvalue weighted by Gasteiger charge is 2.28. The maximum absolute atomic E-state index is 13.2. The quantitative estimate of drug-likeness (QED) is 0.593. The number of rotatable bonds is 8. The van der Waals surface area contributed by atoms with Crippen LogP contribution in [0.1, 0.15) is 55.7 Å². The molecule has 6 heteroatoms. The van der Waals surface area contributed by atoms with E-state index in [1.165, 1.54) is 6.42 Å². The molecule has 0 bridgehead atoms. The third-order valence-corrected chi connectivity index (χ3v) is 6.19. The summed E-state index contributed by atoms with van der Waals surface area (Å²) in [6, 6.07) is 12.8. The molecule has 0 heterocycles. The topological polar surface area (TPSA) is 58.6 Å². The number of carbonyl (C=O) groups excluding carboxylic acids is 2. The van der Waals surface area contributed by atoms with E-state index in [0.717, 1.165) is 42.4 Å². The molecule has 1 atom stereocenters. The molecule has 0 radical (unpaired) electrons. The van der Waals surface area contributed by atoms with Gasteiger partial charge in [-0.15, -0.1) is 0 Å². The van der Waals surface area contributed by atoms with Gasteiger partial charge in [-0.3, -0.25) is 9.59 Å². The number of halogens is 1. The monoisotopic (exact) mass is 456 g/mol. The van der Waals surface area contributed by atoms with Crippen LogP contribution in [0.5, 0.6) is 5.75 Å². The number of nitrogens with zero attached hydrogens (tertiary/aromatic N) is 1. The fraction of sp³-hybridized carbons (Fsp3) is 0.462. The molecule has 1 aliphatic carbocycles. The van der Waals surface area contributed by atoms with Gasteiger partial charge >= 0.3 is 0 Å². The standard InChI is InChI=1S/C26H33ClN2O3/c1-18-13-19(2)15-24(14-18)32-17-25(30)29(16-21-9-11-22(27)12-10-21)20(3)26(31)28-23-7-5-4-6-8-23/h9-15,20,23H,4-8,16-17H2,1-3H3,(H,28,31)/t20-/m0/s1. The van der Waals surface area contributed by atoms with E-state index in [0.29, 0.717) is 17.3 Å². The molecule has 2 aromatic rings. The fourth-order valence-corrected chi connectivity index (χ4v) is 4.31. The van der Waals surface area contributed by atoms with Gasteiger partial charge in [0.15, 0.2) is 6.61 Å². The average Bonchev–Trinajstić information content (AvgIpc) is 2.76. The number of hydrogen-bond donors (Lipinski definition) is 1. The van der Waals surface area contributed by atoms with Crippen molar-refractivity contribution in [2.45, 2.75) is 71.5 Å². The van der Waals surface area contributed by atoms with Gasteiger partial charge in [0.25, 0.3) is 5.91 Å². The maximum atomic E-state index is 13.2. The van der Waals surface area contributed by atoms with Gasteiger partial charge in [0, 0.05) is 17.6 Å². The summed E-state index contributed by atoms with van der Waals surface area (Å²) in [4.78, 5) is 27.8. The molecule has 0 aromatic heterocycles. The Labute approximate surface area is 196 Å². The fourth-order valence-electron chi connectivity index (χ4n) is 4.18. The van der Waals surface area contributed by atoms with Crippen molar-refractivity contribution in [2.24, 2.45) is 0 Å². The van der Waals surface area contributed by atoms with Crippen molar-refractivity contribution in [2.75, 3.05) is 6.61 Å². The lowest BCUT2D eigenvalue weighted by atomic mass is 9.95. The molecular formula is C26H33ClN2O3. The van der Waals surface area contributed by atoms with Crippen molar-refractivity contribution in [3.8, 4) is 5.75 Å². The number of aryl methyl sites for hydroxylation is 2. The third-order valence-electron chi connectivity index (χ3n) is 5.94. The molecule has 2 amide bonds. The van der Waals surface area contributed by atoms with Gasteiger partial charge in [-0.05, 0) is 74.6 Å². The highest BCUT2D eigenvalue weighted by molar-refractivity contribution is 6.30. The van der Waals surface area contributed by atoms with E-state index in [-0.39, 0.29) is 24.5 Å². The lowest BCUT2D eigenvalue weighted by Crippen LogP contribution is -2.51. The maximum Gasteiger partial charge on any atom is 0.261 e. The van der Waals surface area contributed by atoms with Crippen LogP contribution in [0.3, 0.4) is 0 Å². The van der Waals surface area contributed by atoms with Crippen molar-refractivity contribution in [3.63, 3.8) is 0 Å². The first kappa shape index (κ1) is 24.1. The Balaban J connectivity index is 1.71. The van der Waals surface area contributed by atoms with Gasteiger partial charge in [0.05, 0.1) is 0 Å². The van der Waals surface area contributed by atoms with Crippen LogP contribution in [-0.4, -0.2) is 35.4 Å². The van der Waals surface area contributed by atoms with Crippen LogP contribution in [0.4, 0.5) is 0 Å². The Hall–Kier alpha value is -2.53. The minimum absolute atomic E-state index is 0.120. The van der Waals surface area contributed by atoms with E-state index in [9.17, 15) is 9.59 Å². The number of benzene rings is 2. The molecule has 0 aliphatic heterocycles. The number of hydrogen-bond acceptors (Lipinski definition) is 3. The minimum atomic E-state index is -0.608. The average molecular weight is 457 g/mol. The molecule has 1 saturated carbocycles. The van der Waals surface area contributed by atoms with E-state index < -0.39 is 6.04 Å². The number of amides is 2. The smallest absolute Gasteiger partial charge is 0.261 e. The second-order valence-electron chi connectivity index (χ2n) is 8.78. The zero-order chi connectivity index (χ0) is 23.1. The molecule has 1 N–H and O–H groups in total. The summed E-state index contributed by atoms with van der Waals surface area (Å²) in [5.74, 6) is 0.303. The van der Waals surface area contributed by atoms with E-state index in [2.05, 4.69) is 11.4 Å². The van der Waals surface area contributed by atoms with Crippen LogP contribution < -0.4 is 10.1 Å². The van der Waals surface area contributed by atoms with E-state index >= 15 is 0 Å². The van der Waals surface area contributed by atoms with Gasteiger partial charge in [-0.1, -0.05) is 49.1 Å². The van der Waals surface area contributed by atoms with Crippen LogP contribution in [0.25, 0.3) is 0 Å².